The van der Waals surface area contributed by atoms with Crippen LogP contribution in [0.1, 0.15) is 4.88 Å². The largest absolute Gasteiger partial charge is 0.495 e. The number of carbonyl (C=O) groups excluding carboxylic acids is 1. The van der Waals surface area contributed by atoms with Gasteiger partial charge in [0.25, 0.3) is 0 Å². The van der Waals surface area contributed by atoms with Crippen LogP contribution in [0.3, 0.4) is 0 Å². The number of thiophene rings is 1. The Bertz CT molecular complexity index is 593. The zero-order chi connectivity index (χ0) is 13.7. The van der Waals surface area contributed by atoms with Crippen LogP contribution in [0.5, 0.6) is 5.75 Å². The molecule has 2 aromatic rings. The Balaban J connectivity index is 2.01. The van der Waals surface area contributed by atoms with Crippen LogP contribution in [0, 0.1) is 0 Å². The van der Waals surface area contributed by atoms with E-state index in [0.29, 0.717) is 16.5 Å². The normalized spacial score (nSPS) is 10.6. The van der Waals surface area contributed by atoms with Crippen LogP contribution in [0.15, 0.2) is 41.8 Å². The molecule has 0 aliphatic heterocycles. The zero-order valence-electron chi connectivity index (χ0n) is 10.2. The molecule has 98 valence electrons. The average molecular weight is 294 g/mol. The van der Waals surface area contributed by atoms with Crippen molar-refractivity contribution in [1.82, 2.24) is 0 Å². The molecule has 0 radical (unpaired) electrons. The first-order chi connectivity index (χ1) is 9.19. The van der Waals surface area contributed by atoms with E-state index in [1.165, 1.54) is 6.08 Å². The molecule has 0 spiro atoms. The molecule has 0 fully saturated rings. The Hall–Kier alpha value is -1.78. The van der Waals surface area contributed by atoms with Crippen LogP contribution in [0.4, 0.5) is 5.69 Å². The molecule has 3 nitrogen and oxygen atoms in total. The maximum atomic E-state index is 11.7. The van der Waals surface area contributed by atoms with E-state index in [9.17, 15) is 4.79 Å². The number of nitrogens with one attached hydrogen (secondary N) is 1. The highest BCUT2D eigenvalue weighted by atomic mass is 35.5. The van der Waals surface area contributed by atoms with E-state index < -0.39 is 0 Å². The van der Waals surface area contributed by atoms with E-state index in [2.05, 4.69) is 5.32 Å². The Morgan fingerprint density at radius 3 is 2.89 bits per heavy atom. The van der Waals surface area contributed by atoms with Gasteiger partial charge in [0.2, 0.25) is 5.91 Å². The first-order valence-corrected chi connectivity index (χ1v) is 6.81. The molecule has 1 amide bonds. The highest BCUT2D eigenvalue weighted by Gasteiger charge is 2.03. The standard InChI is InChI=1S/C14H12ClNO2S/c1-18-13-6-4-10(9-12(13)15)16-14(17)7-5-11-3-2-8-19-11/h2-9H,1H3,(H,16,17)/b7-5+. The number of carbonyl (C=O) groups is 1. The molecule has 0 atom stereocenters. The summed E-state index contributed by atoms with van der Waals surface area (Å²) < 4.78 is 5.04. The van der Waals surface area contributed by atoms with E-state index in [0.717, 1.165) is 4.88 Å². The maximum absolute atomic E-state index is 11.7. The number of anilines is 1. The van der Waals surface area contributed by atoms with Gasteiger partial charge in [-0.3, -0.25) is 4.79 Å². The number of ether oxygens (including phenoxy) is 1. The van der Waals surface area contributed by atoms with Crippen molar-refractivity contribution < 1.29 is 9.53 Å². The summed E-state index contributed by atoms with van der Waals surface area (Å²) in [6.07, 6.45) is 3.26. The summed E-state index contributed by atoms with van der Waals surface area (Å²) in [5.74, 6) is 0.378. The van der Waals surface area contributed by atoms with Crippen LogP contribution in [0.25, 0.3) is 6.08 Å². The highest BCUT2D eigenvalue weighted by Crippen LogP contribution is 2.27. The number of amides is 1. The minimum absolute atomic E-state index is 0.199. The lowest BCUT2D eigenvalue weighted by Crippen LogP contribution is -2.07. The van der Waals surface area contributed by atoms with Crippen LogP contribution < -0.4 is 10.1 Å². The molecule has 19 heavy (non-hydrogen) atoms. The van der Waals surface area contributed by atoms with Gasteiger partial charge in [0.05, 0.1) is 12.1 Å². The van der Waals surface area contributed by atoms with Gasteiger partial charge in [-0.15, -0.1) is 11.3 Å². The predicted molar refractivity (Wildman–Crippen MR) is 80.0 cm³/mol. The Kier molecular flexibility index (Phi) is 4.60. The van der Waals surface area contributed by atoms with E-state index in [4.69, 9.17) is 16.3 Å². The van der Waals surface area contributed by atoms with Crippen LogP contribution in [-0.4, -0.2) is 13.0 Å². The van der Waals surface area contributed by atoms with Gasteiger partial charge < -0.3 is 10.1 Å². The molecule has 0 bridgehead atoms. The quantitative estimate of drug-likeness (QED) is 0.863. The second-order valence-electron chi connectivity index (χ2n) is 3.69. The molecule has 0 saturated heterocycles. The summed E-state index contributed by atoms with van der Waals surface area (Å²) in [5.41, 5.74) is 0.631. The van der Waals surface area contributed by atoms with Crippen molar-refractivity contribution >= 4 is 40.6 Å². The van der Waals surface area contributed by atoms with Crippen molar-refractivity contribution in [2.75, 3.05) is 12.4 Å². The number of hydrogen-bond donors (Lipinski definition) is 1. The summed E-state index contributed by atoms with van der Waals surface area (Å²) in [5, 5.41) is 5.16. The van der Waals surface area contributed by atoms with Crippen molar-refractivity contribution in [3.8, 4) is 5.75 Å². The zero-order valence-corrected chi connectivity index (χ0v) is 11.8. The van der Waals surface area contributed by atoms with Crippen molar-refractivity contribution in [2.24, 2.45) is 0 Å². The summed E-state index contributed by atoms with van der Waals surface area (Å²) in [7, 11) is 1.54. The molecule has 1 heterocycles. The summed E-state index contributed by atoms with van der Waals surface area (Å²) >= 11 is 7.55. The molecular formula is C14H12ClNO2S. The van der Waals surface area contributed by atoms with Gasteiger partial charge in [0.15, 0.2) is 0 Å². The Labute approximate surface area is 120 Å². The van der Waals surface area contributed by atoms with E-state index in [1.807, 2.05) is 17.5 Å². The maximum Gasteiger partial charge on any atom is 0.248 e. The highest BCUT2D eigenvalue weighted by molar-refractivity contribution is 7.10. The predicted octanol–water partition coefficient (Wildman–Crippen LogP) is 4.06. The second-order valence-corrected chi connectivity index (χ2v) is 5.07. The topological polar surface area (TPSA) is 38.3 Å². The van der Waals surface area contributed by atoms with E-state index >= 15 is 0 Å². The molecule has 5 heteroatoms. The molecule has 0 aliphatic rings. The molecule has 2 rings (SSSR count). The number of methoxy groups -OCH3 is 1. The van der Waals surface area contributed by atoms with E-state index in [-0.39, 0.29) is 5.91 Å². The summed E-state index contributed by atoms with van der Waals surface area (Å²) in [6.45, 7) is 0. The first kappa shape index (κ1) is 13.6. The molecular weight excluding hydrogens is 282 g/mol. The van der Waals surface area contributed by atoms with Gasteiger partial charge in [-0.2, -0.15) is 0 Å². The van der Waals surface area contributed by atoms with Gasteiger partial charge in [-0.25, -0.2) is 0 Å². The fourth-order valence-corrected chi connectivity index (χ4v) is 2.35. The van der Waals surface area contributed by atoms with Gasteiger partial charge in [-0.1, -0.05) is 17.7 Å². The second kappa shape index (κ2) is 6.41. The SMILES string of the molecule is COc1ccc(NC(=O)/C=C/c2cccs2)cc1Cl. The molecule has 1 aromatic carbocycles. The van der Waals surface area contributed by atoms with Crippen molar-refractivity contribution in [2.45, 2.75) is 0 Å². The molecule has 0 aliphatic carbocycles. The smallest absolute Gasteiger partial charge is 0.248 e. The van der Waals surface area contributed by atoms with Gasteiger partial charge in [-0.05, 0) is 35.7 Å². The minimum Gasteiger partial charge on any atom is -0.495 e. The lowest BCUT2D eigenvalue weighted by molar-refractivity contribution is -0.111. The van der Waals surface area contributed by atoms with Crippen molar-refractivity contribution in [3.63, 3.8) is 0 Å². The van der Waals surface area contributed by atoms with Gasteiger partial charge >= 0.3 is 0 Å². The summed E-state index contributed by atoms with van der Waals surface area (Å²) in [6, 6.07) is 8.98. The summed E-state index contributed by atoms with van der Waals surface area (Å²) in [4.78, 5) is 12.7. The Morgan fingerprint density at radius 2 is 2.26 bits per heavy atom. The van der Waals surface area contributed by atoms with Crippen LogP contribution >= 0.6 is 22.9 Å². The van der Waals surface area contributed by atoms with E-state index in [1.54, 1.807) is 42.7 Å². The average Bonchev–Trinajstić information content (AvgIpc) is 2.90. The van der Waals surface area contributed by atoms with Gasteiger partial charge in [0, 0.05) is 16.6 Å². The molecule has 0 unspecified atom stereocenters. The monoisotopic (exact) mass is 293 g/mol. The van der Waals surface area contributed by atoms with Crippen LogP contribution in [0.2, 0.25) is 5.02 Å². The third-order valence-corrected chi connectivity index (χ3v) is 3.49. The van der Waals surface area contributed by atoms with Crippen molar-refractivity contribution in [1.29, 1.82) is 0 Å². The third-order valence-electron chi connectivity index (χ3n) is 2.36. The van der Waals surface area contributed by atoms with Crippen LogP contribution in [-0.2, 0) is 4.79 Å². The van der Waals surface area contributed by atoms with Crippen molar-refractivity contribution in [3.05, 3.63) is 51.7 Å². The molecule has 0 saturated carbocycles. The molecule has 1 N–H and O–H groups in total. The lowest BCUT2D eigenvalue weighted by atomic mass is 10.3. The number of halogens is 1. The third kappa shape index (κ3) is 3.84. The fourth-order valence-electron chi connectivity index (χ4n) is 1.47. The Morgan fingerprint density at radius 1 is 1.42 bits per heavy atom. The molecule has 1 aromatic heterocycles. The fraction of sp³-hybridized carbons (Fsp3) is 0.0714. The lowest BCUT2D eigenvalue weighted by Gasteiger charge is -2.06. The number of hydrogen-bond acceptors (Lipinski definition) is 3. The van der Waals surface area contributed by atoms with Gasteiger partial charge in [0.1, 0.15) is 5.75 Å². The number of rotatable bonds is 4. The first-order valence-electron chi connectivity index (χ1n) is 5.55. The number of benzene rings is 1. The minimum atomic E-state index is -0.199.